The Bertz CT molecular complexity index is 207. The zero-order chi connectivity index (χ0) is 11.7. The van der Waals surface area contributed by atoms with E-state index in [9.17, 15) is 9.59 Å². The third-order valence-corrected chi connectivity index (χ3v) is 1.79. The van der Waals surface area contributed by atoms with Crippen LogP contribution in [0.15, 0.2) is 0 Å². The number of esters is 1. The molecule has 0 fully saturated rings. The highest BCUT2D eigenvalue weighted by molar-refractivity contribution is 5.75. The molecule has 15 heavy (non-hydrogen) atoms. The number of aliphatic hydroxyl groups is 1. The number of carbonyl (C=O) groups excluding carboxylic acids is 1. The van der Waals surface area contributed by atoms with Crippen LogP contribution >= 0.6 is 0 Å². The molecule has 4 N–H and O–H groups in total. The van der Waals surface area contributed by atoms with Gasteiger partial charge in [-0.05, 0) is 19.3 Å². The van der Waals surface area contributed by atoms with Crippen molar-refractivity contribution in [2.24, 2.45) is 5.73 Å². The maximum absolute atomic E-state index is 11.0. The molecule has 0 unspecified atom stereocenters. The summed E-state index contributed by atoms with van der Waals surface area (Å²) < 4.78 is 4.78. The first-order valence-electron chi connectivity index (χ1n) is 4.82. The SMILES string of the molecule is N[C@@H](CCC(=O)OCCCCO)C(=O)O. The lowest BCUT2D eigenvalue weighted by atomic mass is 10.2. The zero-order valence-electron chi connectivity index (χ0n) is 8.52. The Labute approximate surface area is 88.0 Å². The smallest absolute Gasteiger partial charge is 0.320 e. The predicted molar refractivity (Wildman–Crippen MR) is 52.1 cm³/mol. The van der Waals surface area contributed by atoms with E-state index in [2.05, 4.69) is 0 Å². The molecule has 88 valence electrons. The van der Waals surface area contributed by atoms with Crippen LogP contribution in [0.5, 0.6) is 0 Å². The average molecular weight is 219 g/mol. The lowest BCUT2D eigenvalue weighted by molar-refractivity contribution is -0.144. The van der Waals surface area contributed by atoms with Gasteiger partial charge in [-0.15, -0.1) is 0 Å². The number of carboxylic acid groups (broad SMARTS) is 1. The molecule has 6 nitrogen and oxygen atoms in total. The van der Waals surface area contributed by atoms with Crippen LogP contribution in [0.2, 0.25) is 0 Å². The number of carboxylic acids is 1. The van der Waals surface area contributed by atoms with Gasteiger partial charge in [-0.25, -0.2) is 0 Å². The van der Waals surface area contributed by atoms with Crippen molar-refractivity contribution in [3.05, 3.63) is 0 Å². The number of rotatable bonds is 8. The van der Waals surface area contributed by atoms with Crippen LogP contribution in [-0.4, -0.2) is 41.4 Å². The molecule has 0 spiro atoms. The first kappa shape index (κ1) is 13.9. The van der Waals surface area contributed by atoms with Crippen LogP contribution in [0, 0.1) is 0 Å². The maximum atomic E-state index is 11.0. The number of ether oxygens (including phenoxy) is 1. The minimum Gasteiger partial charge on any atom is -0.480 e. The number of unbranched alkanes of at least 4 members (excludes halogenated alkanes) is 1. The minimum absolute atomic E-state index is 0.00654. The number of hydrogen-bond donors (Lipinski definition) is 3. The van der Waals surface area contributed by atoms with Gasteiger partial charge in [0.15, 0.2) is 0 Å². The predicted octanol–water partition coefficient (Wildman–Crippen LogP) is -0.506. The summed E-state index contributed by atoms with van der Waals surface area (Å²) in [4.78, 5) is 21.3. The molecule has 0 aliphatic rings. The number of hydrogen-bond acceptors (Lipinski definition) is 5. The van der Waals surface area contributed by atoms with E-state index in [1.54, 1.807) is 0 Å². The van der Waals surface area contributed by atoms with Crippen molar-refractivity contribution in [2.45, 2.75) is 31.7 Å². The summed E-state index contributed by atoms with van der Waals surface area (Å²) in [6.07, 6.45) is 1.27. The molecule has 1 atom stereocenters. The van der Waals surface area contributed by atoms with Crippen LogP contribution < -0.4 is 5.73 Å². The second-order valence-electron chi connectivity index (χ2n) is 3.13. The maximum Gasteiger partial charge on any atom is 0.320 e. The summed E-state index contributed by atoms with van der Waals surface area (Å²) in [5, 5.41) is 16.9. The van der Waals surface area contributed by atoms with E-state index in [-0.39, 0.29) is 26.1 Å². The number of aliphatic hydroxyl groups excluding tert-OH is 1. The largest absolute Gasteiger partial charge is 0.480 e. The molecule has 0 saturated heterocycles. The average Bonchev–Trinajstić information content (AvgIpc) is 2.20. The molecule has 0 bridgehead atoms. The molecule has 0 aromatic heterocycles. The molecular formula is C9H17NO5. The normalized spacial score (nSPS) is 12.1. The second-order valence-corrected chi connectivity index (χ2v) is 3.13. The topological polar surface area (TPSA) is 110 Å². The van der Waals surface area contributed by atoms with Gasteiger partial charge in [0.05, 0.1) is 6.61 Å². The lowest BCUT2D eigenvalue weighted by Crippen LogP contribution is -2.30. The Hall–Kier alpha value is -1.14. The zero-order valence-corrected chi connectivity index (χ0v) is 8.52. The van der Waals surface area contributed by atoms with Crippen molar-refractivity contribution in [3.63, 3.8) is 0 Å². The molecule has 0 aliphatic heterocycles. The van der Waals surface area contributed by atoms with Gasteiger partial charge in [0.25, 0.3) is 0 Å². The summed E-state index contributed by atoms with van der Waals surface area (Å²) in [6, 6.07) is -1.02. The van der Waals surface area contributed by atoms with Crippen LogP contribution in [0.4, 0.5) is 0 Å². The van der Waals surface area contributed by atoms with E-state index in [4.69, 9.17) is 20.7 Å². The van der Waals surface area contributed by atoms with Gasteiger partial charge in [0.1, 0.15) is 6.04 Å². The highest BCUT2D eigenvalue weighted by atomic mass is 16.5. The number of aliphatic carboxylic acids is 1. The van der Waals surface area contributed by atoms with E-state index in [0.29, 0.717) is 12.8 Å². The van der Waals surface area contributed by atoms with Crippen LogP contribution in [0.3, 0.4) is 0 Å². The van der Waals surface area contributed by atoms with E-state index < -0.39 is 18.0 Å². The fraction of sp³-hybridized carbons (Fsp3) is 0.778. The Morgan fingerprint density at radius 1 is 1.33 bits per heavy atom. The van der Waals surface area contributed by atoms with Crippen LogP contribution in [0.1, 0.15) is 25.7 Å². The van der Waals surface area contributed by atoms with E-state index in [1.807, 2.05) is 0 Å². The lowest BCUT2D eigenvalue weighted by Gasteiger charge is -2.06. The fourth-order valence-corrected chi connectivity index (χ4v) is 0.869. The van der Waals surface area contributed by atoms with Crippen molar-refractivity contribution < 1.29 is 24.5 Å². The van der Waals surface area contributed by atoms with Crippen molar-refractivity contribution in [3.8, 4) is 0 Å². The molecule has 0 aromatic carbocycles. The Balaban J connectivity index is 3.45. The Kier molecular flexibility index (Phi) is 7.57. The van der Waals surface area contributed by atoms with E-state index in [1.165, 1.54) is 0 Å². The van der Waals surface area contributed by atoms with Crippen LogP contribution in [-0.2, 0) is 14.3 Å². The Morgan fingerprint density at radius 3 is 2.53 bits per heavy atom. The second kappa shape index (κ2) is 8.19. The fourth-order valence-electron chi connectivity index (χ4n) is 0.869. The molecule has 0 aliphatic carbocycles. The van der Waals surface area contributed by atoms with Gasteiger partial charge in [-0.2, -0.15) is 0 Å². The quantitative estimate of drug-likeness (QED) is 0.375. The van der Waals surface area contributed by atoms with E-state index >= 15 is 0 Å². The first-order valence-corrected chi connectivity index (χ1v) is 4.82. The molecule has 0 aromatic rings. The van der Waals surface area contributed by atoms with Gasteiger partial charge >= 0.3 is 11.9 Å². The summed E-state index contributed by atoms with van der Waals surface area (Å²) in [5.41, 5.74) is 5.20. The highest BCUT2D eigenvalue weighted by Gasteiger charge is 2.13. The van der Waals surface area contributed by atoms with Crippen molar-refractivity contribution in [1.82, 2.24) is 0 Å². The molecule has 0 rings (SSSR count). The van der Waals surface area contributed by atoms with Crippen molar-refractivity contribution >= 4 is 11.9 Å². The minimum atomic E-state index is -1.12. The third kappa shape index (κ3) is 7.90. The standard InChI is InChI=1S/C9H17NO5/c10-7(9(13)14)3-4-8(12)15-6-2-1-5-11/h7,11H,1-6,10H2,(H,13,14)/t7-/m0/s1. The van der Waals surface area contributed by atoms with Crippen LogP contribution in [0.25, 0.3) is 0 Å². The first-order chi connectivity index (χ1) is 7.07. The summed E-state index contributed by atoms with van der Waals surface area (Å²) in [5.74, 6) is -1.58. The summed E-state index contributed by atoms with van der Waals surface area (Å²) in [7, 11) is 0. The molecular weight excluding hydrogens is 202 g/mol. The molecule has 0 amide bonds. The number of carbonyl (C=O) groups is 2. The van der Waals surface area contributed by atoms with Gasteiger partial charge in [0, 0.05) is 13.0 Å². The number of nitrogens with two attached hydrogens (primary N) is 1. The van der Waals surface area contributed by atoms with Gasteiger partial charge in [0.2, 0.25) is 0 Å². The van der Waals surface area contributed by atoms with Crippen molar-refractivity contribution in [1.29, 1.82) is 0 Å². The summed E-state index contributed by atoms with van der Waals surface area (Å²) >= 11 is 0. The molecule has 0 radical (unpaired) electrons. The van der Waals surface area contributed by atoms with Gasteiger partial charge in [-0.3, -0.25) is 9.59 Å². The van der Waals surface area contributed by atoms with E-state index in [0.717, 1.165) is 0 Å². The summed E-state index contributed by atoms with van der Waals surface area (Å²) in [6.45, 7) is 0.323. The molecule has 0 heterocycles. The third-order valence-electron chi connectivity index (χ3n) is 1.79. The molecule has 0 saturated carbocycles. The van der Waals surface area contributed by atoms with Gasteiger partial charge < -0.3 is 20.7 Å². The highest BCUT2D eigenvalue weighted by Crippen LogP contribution is 1.98. The van der Waals surface area contributed by atoms with Crippen molar-refractivity contribution in [2.75, 3.05) is 13.2 Å². The van der Waals surface area contributed by atoms with Gasteiger partial charge in [-0.1, -0.05) is 0 Å². The monoisotopic (exact) mass is 219 g/mol. The Morgan fingerprint density at radius 2 is 2.00 bits per heavy atom. The molecule has 6 heteroatoms.